The van der Waals surface area contributed by atoms with E-state index >= 15 is 0 Å². The van der Waals surface area contributed by atoms with Crippen molar-refractivity contribution in [3.05, 3.63) is 0 Å². The van der Waals surface area contributed by atoms with E-state index in [4.69, 9.17) is 23.2 Å². The van der Waals surface area contributed by atoms with Gasteiger partial charge in [0.1, 0.15) is 5.00 Å². The van der Waals surface area contributed by atoms with Crippen LogP contribution in [0.2, 0.25) is 0 Å². The molecule has 62 heavy (non-hydrogen) atoms. The molecule has 2 fully saturated rings. The molecule has 2 aliphatic rings. The van der Waals surface area contributed by atoms with Crippen LogP contribution in [0.5, 0.6) is 0 Å². The topological polar surface area (TPSA) is 21.8 Å². The number of hydrogen-bond acceptors (Lipinski definition) is 4. The van der Waals surface area contributed by atoms with Crippen molar-refractivity contribution in [3.8, 4) is 0 Å². The summed E-state index contributed by atoms with van der Waals surface area (Å²) >= 11 is 14.7. The van der Waals surface area contributed by atoms with Gasteiger partial charge in [0.2, 0.25) is 0 Å². The smallest absolute Gasteiger partial charge is 1.00 e. The fourth-order valence-electron chi connectivity index (χ4n) is 8.58. The number of fused-ring (bicyclic) bond motifs is 3. The average Bonchev–Trinajstić information content (AvgIpc) is 3.14. The largest absolute Gasteiger partial charge is 3.00 e. The Kier molecular flexibility index (Phi) is 72.9. The average molecular weight is 1130 g/mol. The molecular weight excluding hydrogens is 1030 g/mol. The fourth-order valence-corrected chi connectivity index (χ4v) is 9.32. The summed E-state index contributed by atoms with van der Waals surface area (Å²) in [6.45, 7) is 17.6. The predicted molar refractivity (Wildman–Crippen MR) is 245 cm³/mol. The van der Waals surface area contributed by atoms with Gasteiger partial charge in [0.05, 0.1) is 33.1 Å². The second kappa shape index (κ2) is 55.1. The molecule has 381 valence electrons. The molecule has 0 aromatic heterocycles. The van der Waals surface area contributed by atoms with E-state index in [0.29, 0.717) is 0 Å². The van der Waals surface area contributed by atoms with Crippen LogP contribution in [0.3, 0.4) is 0 Å². The number of quaternary nitrogens is 1. The van der Waals surface area contributed by atoms with Crippen molar-refractivity contribution in [2.75, 3.05) is 93.6 Å². The molecular formula is C47H98Cl8Mn2N5. The third kappa shape index (κ3) is 45.6. The molecule has 0 aromatic rings. The number of hydrogen-bond donors (Lipinski definition) is 1. The van der Waals surface area contributed by atoms with Crippen molar-refractivity contribution in [1.29, 1.82) is 0 Å². The molecule has 0 aromatic carbocycles. The van der Waals surface area contributed by atoms with E-state index in [2.05, 4.69) is 69.0 Å². The maximum atomic E-state index is 7.58. The van der Waals surface area contributed by atoms with Gasteiger partial charge in [-0.3, -0.25) is 4.90 Å². The van der Waals surface area contributed by atoms with Crippen LogP contribution in [0, 0.1) is 5.92 Å². The minimum Gasteiger partial charge on any atom is -1.00 e. The summed E-state index contributed by atoms with van der Waals surface area (Å²) in [5.41, 5.74) is 0. The maximum Gasteiger partial charge on any atom is 3.00 e. The molecule has 0 amide bonds. The Hall–Kier alpha value is 3.16. The van der Waals surface area contributed by atoms with E-state index in [0.717, 1.165) is 69.2 Å². The first kappa shape index (κ1) is 82.1. The molecule has 0 spiro atoms. The summed E-state index contributed by atoms with van der Waals surface area (Å²) in [7, 11) is 9.22. The number of alkyl halides is 2. The van der Waals surface area contributed by atoms with E-state index in [1.54, 1.807) is 0 Å². The molecule has 0 aliphatic carbocycles. The molecule has 2 rings (SSSR count). The van der Waals surface area contributed by atoms with Crippen molar-refractivity contribution >= 4 is 23.2 Å². The van der Waals surface area contributed by atoms with Gasteiger partial charge in [-0.05, 0) is 51.7 Å². The minimum atomic E-state index is -0.475. The van der Waals surface area contributed by atoms with Gasteiger partial charge in [0.15, 0.2) is 0 Å². The third-order valence-corrected chi connectivity index (χ3v) is 13.7. The number of likely N-dealkylation sites (N-methyl/N-ethyl adjacent to an activating group) is 1. The molecule has 2 bridgehead atoms. The summed E-state index contributed by atoms with van der Waals surface area (Å²) in [5.74, 6) is 0.864. The quantitative estimate of drug-likeness (QED) is 0.0279. The van der Waals surface area contributed by atoms with E-state index in [9.17, 15) is 0 Å². The second-order valence-corrected chi connectivity index (χ2v) is 19.9. The van der Waals surface area contributed by atoms with Crippen LogP contribution in [0.25, 0.3) is 0 Å². The number of nitrogens with one attached hydrogen (secondary N) is 1. The standard InChI is InChI=1S/C31H64Cl2N5.C16H34.6ClH.2Mn/c1-6-7-8-9-10-15-29(17-13-27-38(3,4)5)16-11-12-18-31(33)30(32)28-34-19-22-36-21-14-20-35(2)23-25-37(31)26-24-36;1-3-5-7-9-11-13-15-16-14-12-10-8-6-4-2;;;;;;;;/h29-30,34H,6-28H2,1-5H3;3-16H2,1-2H3;6*1H;;/q+1;;;;;;;;+2;+3/p-6. The zero-order valence-electron chi connectivity index (χ0n) is 40.9. The molecule has 0 saturated carbocycles. The van der Waals surface area contributed by atoms with Gasteiger partial charge in [0, 0.05) is 45.8 Å². The molecule has 15 heteroatoms. The van der Waals surface area contributed by atoms with Gasteiger partial charge in [-0.1, -0.05) is 168 Å². The Morgan fingerprint density at radius 2 is 0.984 bits per heavy atom. The van der Waals surface area contributed by atoms with Crippen molar-refractivity contribution in [1.82, 2.24) is 20.0 Å². The monoisotopic (exact) mass is 1120 g/mol. The van der Waals surface area contributed by atoms with Crippen LogP contribution in [0.4, 0.5) is 0 Å². The molecule has 1 radical (unpaired) electrons. The first-order valence-corrected chi connectivity index (χ1v) is 24.9. The Bertz CT molecular complexity index is 830. The van der Waals surface area contributed by atoms with Crippen LogP contribution in [0.1, 0.15) is 194 Å². The van der Waals surface area contributed by atoms with Gasteiger partial charge in [-0.2, -0.15) is 0 Å². The van der Waals surface area contributed by atoms with Crippen molar-refractivity contribution in [2.24, 2.45) is 5.92 Å². The van der Waals surface area contributed by atoms with E-state index in [1.807, 2.05) is 0 Å². The van der Waals surface area contributed by atoms with Crippen molar-refractivity contribution in [3.63, 3.8) is 0 Å². The third-order valence-electron chi connectivity index (χ3n) is 12.4. The Labute approximate surface area is 456 Å². The Morgan fingerprint density at radius 1 is 0.565 bits per heavy atom. The summed E-state index contributed by atoms with van der Waals surface area (Å²) in [6.07, 6.45) is 37.5. The van der Waals surface area contributed by atoms with E-state index in [-0.39, 0.29) is 114 Å². The van der Waals surface area contributed by atoms with Gasteiger partial charge in [0.25, 0.3) is 0 Å². The summed E-state index contributed by atoms with van der Waals surface area (Å²) < 4.78 is 1.07. The molecule has 2 heterocycles. The fraction of sp³-hybridized carbons (Fsp3) is 1.00. The molecule has 5 atom stereocenters. The normalized spacial score (nSPS) is 20.8. The summed E-state index contributed by atoms with van der Waals surface area (Å²) in [4.78, 5) is 7.16. The van der Waals surface area contributed by atoms with Gasteiger partial charge in [-0.25, -0.2) is 0 Å². The van der Waals surface area contributed by atoms with Gasteiger partial charge < -0.3 is 94.0 Å². The Morgan fingerprint density at radius 3 is 1.45 bits per heavy atom. The first-order chi connectivity index (χ1) is 26.1. The second-order valence-electron chi connectivity index (χ2n) is 18.7. The molecule has 5 nitrogen and oxygen atoms in total. The molecule has 2 aliphatic heterocycles. The summed E-state index contributed by atoms with van der Waals surface area (Å²) in [6, 6.07) is 0. The van der Waals surface area contributed by atoms with Crippen LogP contribution in [0.15, 0.2) is 0 Å². The maximum absolute atomic E-state index is 7.58. The molecule has 5 unspecified atom stereocenters. The number of nitrogens with zero attached hydrogens (tertiary/aromatic N) is 4. The Balaban J connectivity index is -0.000000176. The zero-order valence-corrected chi connectivity index (χ0v) is 49.3. The minimum absolute atomic E-state index is 0. The zero-order chi connectivity index (χ0) is 39.8. The van der Waals surface area contributed by atoms with Crippen LogP contribution >= 0.6 is 23.2 Å². The molecule has 1 N–H and O–H groups in total. The van der Waals surface area contributed by atoms with Crippen LogP contribution in [-0.4, -0.2) is 123 Å². The predicted octanol–water partition coefficient (Wildman–Crippen LogP) is -5.40. The number of rotatable bonds is 28. The van der Waals surface area contributed by atoms with Crippen molar-refractivity contribution < 1.29 is 113 Å². The van der Waals surface area contributed by atoms with Crippen LogP contribution in [-0.2, 0) is 34.1 Å². The number of halogens is 8. The van der Waals surface area contributed by atoms with Gasteiger partial charge >= 0.3 is 34.1 Å². The van der Waals surface area contributed by atoms with E-state index in [1.165, 1.54) is 180 Å². The van der Waals surface area contributed by atoms with Gasteiger partial charge in [-0.15, -0.1) is 23.2 Å². The summed E-state index contributed by atoms with van der Waals surface area (Å²) in [5, 5.41) is 3.54. The van der Waals surface area contributed by atoms with Crippen LogP contribution < -0.4 is 79.8 Å². The SMILES string of the molecule is CCCCCCCC(CCCCC1(Cl)C(Cl)CNCCN2CCCN(C)CCN1CC2)CCC[N+](C)(C)C.CCCCCCCCCCCCCCCC.[Cl-].[Cl-].[Cl-].[Cl-].[Cl-].[Cl-].[Mn+2].[Mn+3]. The van der Waals surface area contributed by atoms with E-state index < -0.39 is 5.00 Å². The first-order valence-electron chi connectivity index (χ1n) is 24.1. The molecule has 2 saturated heterocycles. The number of unbranched alkanes of at least 4 members (excludes halogenated alkanes) is 18. The van der Waals surface area contributed by atoms with Crippen molar-refractivity contribution in [2.45, 2.75) is 205 Å².